The van der Waals surface area contributed by atoms with E-state index in [0.29, 0.717) is 0 Å². The number of aromatic nitrogens is 2. The summed E-state index contributed by atoms with van der Waals surface area (Å²) in [7, 11) is 0. The van der Waals surface area contributed by atoms with E-state index in [1.165, 1.54) is 44.4 Å². The van der Waals surface area contributed by atoms with Gasteiger partial charge in [-0.05, 0) is 23.3 Å². The van der Waals surface area contributed by atoms with Crippen molar-refractivity contribution in [1.82, 2.24) is 10.5 Å². The number of fused-ring (bicyclic) bond motifs is 2. The molecule has 268 valence electrons. The Morgan fingerprint density at radius 2 is 0.554 bits per heavy atom. The highest BCUT2D eigenvalue weighted by Crippen LogP contribution is 2.22. The minimum Gasteiger partial charge on any atom is -0.489 e. The van der Waals surface area contributed by atoms with E-state index in [9.17, 15) is 0 Å². The summed E-state index contributed by atoms with van der Waals surface area (Å²) < 4.78 is 4.77. The lowest BCUT2D eigenvalue weighted by Crippen LogP contribution is -2.87. The molecular formula is C50H42B2N4. The maximum Gasteiger partial charge on any atom is 0.428 e. The molecule has 0 fully saturated rings. The predicted molar refractivity (Wildman–Crippen MR) is 235 cm³/mol. The average Bonchev–Trinajstić information content (AvgIpc) is 3.30. The molecule has 0 amide bonds. The molecule has 0 bridgehead atoms. The maximum atomic E-state index is 3.96. The van der Waals surface area contributed by atoms with Crippen molar-refractivity contribution < 1.29 is 8.96 Å². The summed E-state index contributed by atoms with van der Waals surface area (Å²) in [5, 5.41) is 7.92. The molecule has 0 saturated carbocycles. The molecule has 8 aromatic rings. The molecule has 2 aliphatic rings. The first-order chi connectivity index (χ1) is 27.8. The molecule has 0 atom stereocenters. The quantitative estimate of drug-likeness (QED) is 0.196. The van der Waals surface area contributed by atoms with E-state index in [1.807, 2.05) is 0 Å². The van der Waals surface area contributed by atoms with Crippen LogP contribution in [0.3, 0.4) is 0 Å². The van der Waals surface area contributed by atoms with Crippen molar-refractivity contribution >= 4 is 58.2 Å². The Morgan fingerprint density at radius 1 is 0.286 bits per heavy atom. The van der Waals surface area contributed by atoms with Gasteiger partial charge in [-0.2, -0.15) is 0 Å². The lowest BCUT2D eigenvalue weighted by Gasteiger charge is -2.41. The molecule has 2 aliphatic heterocycles. The van der Waals surface area contributed by atoms with Crippen molar-refractivity contribution in [3.8, 4) is 0 Å². The maximum absolute atomic E-state index is 3.96. The van der Waals surface area contributed by atoms with E-state index in [1.54, 1.807) is 0 Å². The molecule has 4 nitrogen and oxygen atoms in total. The zero-order chi connectivity index (χ0) is 37.6. The van der Waals surface area contributed by atoms with E-state index in [4.69, 9.17) is 0 Å². The van der Waals surface area contributed by atoms with Crippen LogP contribution in [-0.2, 0) is 0 Å². The van der Waals surface area contributed by atoms with Gasteiger partial charge in [0.25, 0.3) is 0 Å². The van der Waals surface area contributed by atoms with Gasteiger partial charge in [0.05, 0.1) is 0 Å². The van der Waals surface area contributed by atoms with Crippen LogP contribution in [0.25, 0.3) is 23.5 Å². The number of hydrogen-bond acceptors (Lipinski definition) is 2. The normalized spacial score (nSPS) is 14.5. The van der Waals surface area contributed by atoms with Crippen molar-refractivity contribution in [2.75, 3.05) is 0 Å². The Morgan fingerprint density at radius 3 is 0.857 bits per heavy atom. The van der Waals surface area contributed by atoms with E-state index in [0.717, 1.165) is 11.4 Å². The second-order valence-electron chi connectivity index (χ2n) is 14.5. The predicted octanol–water partition coefficient (Wildman–Crippen LogP) is 6.36. The third-order valence-electron chi connectivity index (χ3n) is 11.3. The van der Waals surface area contributed by atoms with Crippen LogP contribution < -0.4 is 41.3 Å². The number of hydrogen-bond donors (Lipinski definition) is 2. The fourth-order valence-electron chi connectivity index (χ4n) is 8.71. The van der Waals surface area contributed by atoms with Crippen LogP contribution in [0.2, 0.25) is 0 Å². The smallest absolute Gasteiger partial charge is 0.428 e. The van der Waals surface area contributed by atoms with Crippen LogP contribution in [0.4, 0.5) is 0 Å². The summed E-state index contributed by atoms with van der Waals surface area (Å²) >= 11 is 0. The van der Waals surface area contributed by atoms with Crippen LogP contribution in [-0.4, -0.2) is 12.8 Å². The van der Waals surface area contributed by atoms with Gasteiger partial charge >= 0.3 is 12.8 Å². The largest absolute Gasteiger partial charge is 0.489 e. The van der Waals surface area contributed by atoms with Crippen molar-refractivity contribution in [1.29, 1.82) is 0 Å². The fraction of sp³-hybridized carbons (Fsp3) is 0. The van der Waals surface area contributed by atoms with Gasteiger partial charge in [-0.1, -0.05) is 194 Å². The fourth-order valence-corrected chi connectivity index (χ4v) is 8.71. The van der Waals surface area contributed by atoms with Crippen molar-refractivity contribution in [3.05, 3.63) is 253 Å². The van der Waals surface area contributed by atoms with Gasteiger partial charge in [0, 0.05) is 35.7 Å². The first-order valence-corrected chi connectivity index (χ1v) is 19.4. The lowest BCUT2D eigenvalue weighted by atomic mass is 9.36. The molecule has 56 heavy (non-hydrogen) atoms. The van der Waals surface area contributed by atoms with Gasteiger partial charge in [0.15, 0.2) is 11.4 Å². The number of benzene rings is 6. The Kier molecular flexibility index (Phi) is 9.44. The van der Waals surface area contributed by atoms with Crippen molar-refractivity contribution in [2.24, 2.45) is 0 Å². The SMILES string of the molecule is C1=C(c2ccccc2)N[B-](c2ccccc2)(c2ccccc2)[n+]2ccccc21.C1=C(c2ccccc2)N[B-](c2ccccc2)(c2ccccc2)[n+]2ccccc21. The number of nitrogens with zero attached hydrogens (tertiary/aromatic N) is 2. The number of nitrogens with one attached hydrogen (secondary N) is 2. The molecule has 0 aliphatic carbocycles. The third-order valence-corrected chi connectivity index (χ3v) is 11.3. The van der Waals surface area contributed by atoms with Crippen molar-refractivity contribution in [3.63, 3.8) is 0 Å². The molecular weight excluding hydrogens is 678 g/mol. The minimum atomic E-state index is -1.42. The molecule has 6 heteroatoms. The Hall–Kier alpha value is -7.17. The summed E-state index contributed by atoms with van der Waals surface area (Å²) in [5.74, 6) is 0. The Bertz CT molecular complexity index is 2350. The van der Waals surface area contributed by atoms with E-state index in [2.05, 4.69) is 262 Å². The molecule has 2 N–H and O–H groups in total. The number of pyridine rings is 2. The van der Waals surface area contributed by atoms with Gasteiger partial charge in [-0.25, -0.2) is 0 Å². The number of rotatable bonds is 6. The second-order valence-corrected chi connectivity index (χ2v) is 14.5. The van der Waals surface area contributed by atoms with E-state index >= 15 is 0 Å². The summed E-state index contributed by atoms with van der Waals surface area (Å²) in [6.07, 6.45) is 6.00. The summed E-state index contributed by atoms with van der Waals surface area (Å²) in [5.41, 5.74) is 12.1. The highest BCUT2D eigenvalue weighted by atomic mass is 15.1. The van der Waals surface area contributed by atoms with Crippen molar-refractivity contribution in [2.45, 2.75) is 0 Å². The van der Waals surface area contributed by atoms with Gasteiger partial charge < -0.3 is 19.4 Å². The first kappa shape index (κ1) is 34.6. The monoisotopic (exact) mass is 720 g/mol. The minimum absolute atomic E-state index is 1.14. The molecule has 0 unspecified atom stereocenters. The highest BCUT2D eigenvalue weighted by Gasteiger charge is 2.46. The highest BCUT2D eigenvalue weighted by molar-refractivity contribution is 6.95. The molecule has 2 aromatic heterocycles. The average molecular weight is 721 g/mol. The van der Waals surface area contributed by atoms with Gasteiger partial charge in [-0.3, -0.25) is 0 Å². The summed E-state index contributed by atoms with van der Waals surface area (Å²) in [6.45, 7) is 0. The topological polar surface area (TPSA) is 31.8 Å². The van der Waals surface area contributed by atoms with E-state index < -0.39 is 12.8 Å². The van der Waals surface area contributed by atoms with Crippen LogP contribution in [0.15, 0.2) is 231 Å². The summed E-state index contributed by atoms with van der Waals surface area (Å²) in [4.78, 5) is 0. The van der Waals surface area contributed by atoms with Gasteiger partial charge in [0.1, 0.15) is 12.4 Å². The van der Waals surface area contributed by atoms with Gasteiger partial charge in [-0.15, -0.1) is 21.9 Å². The standard InChI is InChI=1S/2C25H21BN2/c2*1-4-12-21(13-5-1)25-20-24-18-10-11-19-28(24)26(27-25,22-14-6-2-7-15-22)23-16-8-3-9-17-23/h2*1-20,27H. The lowest BCUT2D eigenvalue weighted by molar-refractivity contribution is -0.547. The van der Waals surface area contributed by atoms with Gasteiger partial charge in [0.2, 0.25) is 0 Å². The Labute approximate surface area is 329 Å². The third kappa shape index (κ3) is 6.31. The van der Waals surface area contributed by atoms with Crippen LogP contribution in [0.1, 0.15) is 22.5 Å². The van der Waals surface area contributed by atoms with Crippen LogP contribution in [0, 0.1) is 0 Å². The molecule has 4 heterocycles. The molecule has 0 saturated heterocycles. The molecule has 10 rings (SSSR count). The molecule has 6 aromatic carbocycles. The van der Waals surface area contributed by atoms with E-state index in [-0.39, 0.29) is 0 Å². The zero-order valence-electron chi connectivity index (χ0n) is 31.1. The zero-order valence-corrected chi connectivity index (χ0v) is 31.1. The van der Waals surface area contributed by atoms with Crippen LogP contribution >= 0.6 is 0 Å². The van der Waals surface area contributed by atoms with Crippen LogP contribution in [0.5, 0.6) is 0 Å². The summed E-state index contributed by atoms with van der Waals surface area (Å²) in [6, 6.07) is 76.9. The molecule has 0 spiro atoms. The molecule has 0 radical (unpaired) electrons. The Balaban J connectivity index is 0.000000146. The second kappa shape index (κ2) is 15.3. The first-order valence-electron chi connectivity index (χ1n) is 19.4.